The van der Waals surface area contributed by atoms with Crippen LogP contribution >= 0.6 is 0 Å². The van der Waals surface area contributed by atoms with Gasteiger partial charge in [0.1, 0.15) is 0 Å². The summed E-state index contributed by atoms with van der Waals surface area (Å²) in [6, 6.07) is 2.02. The van der Waals surface area contributed by atoms with Gasteiger partial charge in [-0.1, -0.05) is 19.3 Å². The van der Waals surface area contributed by atoms with Crippen molar-refractivity contribution < 1.29 is 4.74 Å². The Balaban J connectivity index is 1.65. The Morgan fingerprint density at radius 1 is 1.10 bits per heavy atom. The van der Waals surface area contributed by atoms with Gasteiger partial charge in [-0.15, -0.1) is 0 Å². The Morgan fingerprint density at radius 2 is 1.75 bits per heavy atom. The zero-order valence-electron chi connectivity index (χ0n) is 13.5. The fourth-order valence-electron chi connectivity index (χ4n) is 4.92. The van der Waals surface area contributed by atoms with E-state index in [-0.39, 0.29) is 0 Å². The zero-order chi connectivity index (χ0) is 14.2. The topological polar surface area (TPSA) is 24.5 Å². The minimum atomic E-state index is 0.451. The van der Waals surface area contributed by atoms with Crippen LogP contribution in [0.4, 0.5) is 0 Å². The van der Waals surface area contributed by atoms with Crippen LogP contribution < -0.4 is 5.43 Å². The van der Waals surface area contributed by atoms with Gasteiger partial charge >= 0.3 is 0 Å². The summed E-state index contributed by atoms with van der Waals surface area (Å²) in [6.45, 7) is 7.76. The van der Waals surface area contributed by atoms with E-state index in [0.717, 1.165) is 6.61 Å². The maximum absolute atomic E-state index is 6.03. The summed E-state index contributed by atoms with van der Waals surface area (Å²) in [5, 5.41) is 2.57. The Hall–Kier alpha value is -0.120. The summed E-state index contributed by atoms with van der Waals surface area (Å²) >= 11 is 0. The van der Waals surface area contributed by atoms with Crippen LogP contribution in [0.1, 0.15) is 72.1 Å². The Bertz CT molecular complexity index is 317. The van der Waals surface area contributed by atoms with Crippen molar-refractivity contribution in [2.24, 2.45) is 5.41 Å². The van der Waals surface area contributed by atoms with Gasteiger partial charge in [0.25, 0.3) is 0 Å². The quantitative estimate of drug-likeness (QED) is 0.853. The molecule has 3 rings (SSSR count). The molecule has 0 aromatic heterocycles. The van der Waals surface area contributed by atoms with Crippen molar-refractivity contribution in [1.82, 2.24) is 10.4 Å². The maximum Gasteiger partial charge on any atom is 0.0662 e. The van der Waals surface area contributed by atoms with Crippen molar-refractivity contribution in [1.29, 1.82) is 0 Å². The zero-order valence-corrected chi connectivity index (χ0v) is 13.5. The average molecular weight is 280 g/mol. The van der Waals surface area contributed by atoms with Crippen molar-refractivity contribution in [3.05, 3.63) is 0 Å². The molecule has 116 valence electrons. The Kier molecular flexibility index (Phi) is 4.40. The first kappa shape index (κ1) is 14.8. The SMILES string of the molecule is CCOC1CC(NN2C(C)CCCC2C)C12CCCC2. The van der Waals surface area contributed by atoms with Crippen molar-refractivity contribution in [3.8, 4) is 0 Å². The predicted octanol–water partition coefficient (Wildman–Crippen LogP) is 3.49. The second-order valence-corrected chi connectivity index (χ2v) is 7.34. The van der Waals surface area contributed by atoms with Crippen LogP contribution in [0.25, 0.3) is 0 Å². The Labute approximate surface area is 124 Å². The minimum absolute atomic E-state index is 0.451. The van der Waals surface area contributed by atoms with Crippen molar-refractivity contribution >= 4 is 0 Å². The molecule has 3 aliphatic rings. The molecule has 4 unspecified atom stereocenters. The first-order valence-corrected chi connectivity index (χ1v) is 8.83. The van der Waals surface area contributed by atoms with Gasteiger partial charge < -0.3 is 4.74 Å². The monoisotopic (exact) mass is 280 g/mol. The lowest BCUT2D eigenvalue weighted by Gasteiger charge is -2.57. The number of nitrogens with zero attached hydrogens (tertiary/aromatic N) is 1. The lowest BCUT2D eigenvalue weighted by Crippen LogP contribution is -2.68. The minimum Gasteiger partial charge on any atom is -0.378 e. The second kappa shape index (κ2) is 5.94. The summed E-state index contributed by atoms with van der Waals surface area (Å²) < 4.78 is 6.03. The van der Waals surface area contributed by atoms with E-state index < -0.39 is 0 Å². The average Bonchev–Trinajstić information content (AvgIpc) is 2.93. The molecule has 2 saturated carbocycles. The maximum atomic E-state index is 6.03. The lowest BCUT2D eigenvalue weighted by molar-refractivity contribution is -0.155. The second-order valence-electron chi connectivity index (χ2n) is 7.34. The normalized spacial score (nSPS) is 41.0. The van der Waals surface area contributed by atoms with Crippen molar-refractivity contribution in [2.45, 2.75) is 96.4 Å². The summed E-state index contributed by atoms with van der Waals surface area (Å²) in [5.41, 5.74) is 4.38. The first-order chi connectivity index (χ1) is 9.67. The molecule has 0 bridgehead atoms. The standard InChI is InChI=1S/C17H32N2O/c1-4-20-16-12-15(17(16)10-5-6-11-17)18-19-13(2)8-7-9-14(19)3/h13-16,18H,4-12H2,1-3H3. The van der Waals surface area contributed by atoms with Gasteiger partial charge in [-0.05, 0) is 52.9 Å². The van der Waals surface area contributed by atoms with Gasteiger partial charge in [0.15, 0.2) is 0 Å². The summed E-state index contributed by atoms with van der Waals surface area (Å²) in [7, 11) is 0. The molecule has 0 aromatic rings. The number of rotatable bonds is 4. The highest BCUT2D eigenvalue weighted by molar-refractivity contribution is 5.10. The fraction of sp³-hybridized carbons (Fsp3) is 1.00. The molecule has 20 heavy (non-hydrogen) atoms. The molecular formula is C17H32N2O. The summed E-state index contributed by atoms with van der Waals surface area (Å²) in [5.74, 6) is 0. The highest BCUT2D eigenvalue weighted by atomic mass is 16.5. The van der Waals surface area contributed by atoms with Crippen LogP contribution in [-0.4, -0.2) is 35.8 Å². The van der Waals surface area contributed by atoms with Gasteiger partial charge in [0.2, 0.25) is 0 Å². The molecule has 3 heteroatoms. The van der Waals surface area contributed by atoms with Gasteiger partial charge in [0, 0.05) is 30.1 Å². The predicted molar refractivity (Wildman–Crippen MR) is 82.5 cm³/mol. The van der Waals surface area contributed by atoms with Gasteiger partial charge in [-0.3, -0.25) is 5.43 Å². The van der Waals surface area contributed by atoms with Crippen molar-refractivity contribution in [2.75, 3.05) is 6.61 Å². The number of hydrogen-bond donors (Lipinski definition) is 1. The third kappa shape index (κ3) is 2.42. The molecule has 1 spiro atoms. The van der Waals surface area contributed by atoms with Crippen LogP contribution in [0.15, 0.2) is 0 Å². The number of hydrogen-bond acceptors (Lipinski definition) is 3. The molecule has 0 radical (unpaired) electrons. The van der Waals surface area contributed by atoms with Gasteiger partial charge in [-0.25, -0.2) is 5.01 Å². The van der Waals surface area contributed by atoms with E-state index in [9.17, 15) is 0 Å². The van der Waals surface area contributed by atoms with Crippen molar-refractivity contribution in [3.63, 3.8) is 0 Å². The number of hydrazine groups is 1. The Morgan fingerprint density at radius 3 is 2.35 bits per heavy atom. The molecular weight excluding hydrogens is 248 g/mol. The molecule has 4 atom stereocenters. The van der Waals surface area contributed by atoms with E-state index in [4.69, 9.17) is 4.74 Å². The summed E-state index contributed by atoms with van der Waals surface area (Å²) in [6.07, 6.45) is 11.3. The van der Waals surface area contributed by atoms with Gasteiger partial charge in [0.05, 0.1) is 6.10 Å². The number of ether oxygens (including phenoxy) is 1. The molecule has 0 aromatic carbocycles. The van der Waals surface area contributed by atoms with E-state index in [1.54, 1.807) is 0 Å². The van der Waals surface area contributed by atoms with Crippen LogP contribution in [-0.2, 0) is 4.74 Å². The van der Waals surface area contributed by atoms with E-state index in [2.05, 4.69) is 31.2 Å². The highest BCUT2D eigenvalue weighted by Crippen LogP contribution is 2.55. The molecule has 2 aliphatic carbocycles. The number of piperidine rings is 1. The molecule has 3 nitrogen and oxygen atoms in total. The van der Waals surface area contributed by atoms with Crippen LogP contribution in [0.2, 0.25) is 0 Å². The van der Waals surface area contributed by atoms with E-state index in [1.165, 1.54) is 51.4 Å². The largest absolute Gasteiger partial charge is 0.378 e. The first-order valence-electron chi connectivity index (χ1n) is 8.83. The number of nitrogens with one attached hydrogen (secondary N) is 1. The lowest BCUT2D eigenvalue weighted by atomic mass is 9.60. The van der Waals surface area contributed by atoms with E-state index in [1.807, 2.05) is 0 Å². The van der Waals surface area contributed by atoms with Crippen LogP contribution in [0.5, 0.6) is 0 Å². The van der Waals surface area contributed by atoms with E-state index >= 15 is 0 Å². The van der Waals surface area contributed by atoms with Crippen LogP contribution in [0, 0.1) is 5.41 Å². The fourth-order valence-corrected chi connectivity index (χ4v) is 4.92. The third-order valence-electron chi connectivity index (χ3n) is 6.19. The van der Waals surface area contributed by atoms with Crippen LogP contribution in [0.3, 0.4) is 0 Å². The highest BCUT2D eigenvalue weighted by Gasteiger charge is 2.57. The molecule has 1 aliphatic heterocycles. The third-order valence-corrected chi connectivity index (χ3v) is 6.19. The summed E-state index contributed by atoms with van der Waals surface area (Å²) in [4.78, 5) is 0. The molecule has 1 heterocycles. The van der Waals surface area contributed by atoms with Gasteiger partial charge in [-0.2, -0.15) is 0 Å². The molecule has 0 amide bonds. The smallest absolute Gasteiger partial charge is 0.0662 e. The molecule has 1 N–H and O–H groups in total. The molecule has 3 fully saturated rings. The van der Waals surface area contributed by atoms with E-state index in [0.29, 0.717) is 29.6 Å². The molecule has 1 saturated heterocycles.